The molecule has 0 aromatic heterocycles. The Kier molecular flexibility index (Phi) is 8.69. The zero-order valence-electron chi connectivity index (χ0n) is 15.5. The Balaban J connectivity index is 3.31. The zero-order chi connectivity index (χ0) is 18.7. The Bertz CT molecular complexity index is 698. The van der Waals surface area contributed by atoms with Gasteiger partial charge < -0.3 is 5.32 Å². The van der Waals surface area contributed by atoms with Crippen LogP contribution in [0.2, 0.25) is 0 Å². The third kappa shape index (κ3) is 5.90. The molecule has 1 unspecified atom stereocenters. The summed E-state index contributed by atoms with van der Waals surface area (Å²) in [5.41, 5.74) is 6.60. The van der Waals surface area contributed by atoms with Gasteiger partial charge in [-0.05, 0) is 39.6 Å². The van der Waals surface area contributed by atoms with Crippen LogP contribution in [0.1, 0.15) is 20.8 Å². The fourth-order valence-electron chi connectivity index (χ4n) is 2.30. The number of rotatable bonds is 8. The van der Waals surface area contributed by atoms with Crippen molar-refractivity contribution in [2.75, 3.05) is 13.6 Å². The van der Waals surface area contributed by atoms with Gasteiger partial charge in [-0.2, -0.15) is 5.10 Å². The smallest absolute Gasteiger partial charge is 0.110 e. The van der Waals surface area contributed by atoms with Crippen LogP contribution in [-0.2, 0) is 0 Å². The van der Waals surface area contributed by atoms with Gasteiger partial charge in [-0.1, -0.05) is 24.3 Å². The second-order valence-electron chi connectivity index (χ2n) is 5.21. The van der Waals surface area contributed by atoms with Crippen molar-refractivity contribution in [1.82, 2.24) is 10.3 Å². The maximum atomic E-state index is 4.70. The van der Waals surface area contributed by atoms with E-state index in [0.717, 1.165) is 29.2 Å². The number of hydrazone groups is 1. The summed E-state index contributed by atoms with van der Waals surface area (Å²) in [7, 11) is 1.87. The Morgan fingerprint density at radius 2 is 2.20 bits per heavy atom. The van der Waals surface area contributed by atoms with Crippen LogP contribution in [0.25, 0.3) is 0 Å². The Hall–Kier alpha value is -2.91. The van der Waals surface area contributed by atoms with E-state index in [-0.39, 0.29) is 6.04 Å². The Morgan fingerprint density at radius 3 is 2.76 bits per heavy atom. The summed E-state index contributed by atoms with van der Waals surface area (Å²) in [4.78, 5) is 8.94. The second kappa shape index (κ2) is 10.8. The summed E-state index contributed by atoms with van der Waals surface area (Å²) in [5.74, 6) is 0. The van der Waals surface area contributed by atoms with Crippen molar-refractivity contribution in [3.8, 4) is 0 Å². The minimum atomic E-state index is -0.144. The Morgan fingerprint density at radius 1 is 1.44 bits per heavy atom. The zero-order valence-corrected chi connectivity index (χ0v) is 15.5. The molecular weight excluding hydrogens is 310 g/mol. The van der Waals surface area contributed by atoms with Crippen LogP contribution < -0.4 is 5.32 Å². The van der Waals surface area contributed by atoms with Gasteiger partial charge in [0.25, 0.3) is 0 Å². The van der Waals surface area contributed by atoms with Crippen molar-refractivity contribution in [1.29, 1.82) is 0 Å². The lowest BCUT2D eigenvalue weighted by molar-refractivity contribution is 0.427. The molecule has 25 heavy (non-hydrogen) atoms. The predicted octanol–water partition coefficient (Wildman–Crippen LogP) is 3.63. The molecule has 0 aliphatic carbocycles. The van der Waals surface area contributed by atoms with Gasteiger partial charge in [-0.15, -0.1) is 5.73 Å². The lowest BCUT2D eigenvalue weighted by atomic mass is 10.1. The summed E-state index contributed by atoms with van der Waals surface area (Å²) in [5, 5.41) is 8.79. The van der Waals surface area contributed by atoms with E-state index in [9.17, 15) is 0 Å². The van der Waals surface area contributed by atoms with Gasteiger partial charge in [0.1, 0.15) is 6.04 Å². The molecule has 0 saturated carbocycles. The summed E-state index contributed by atoms with van der Waals surface area (Å²) in [6.07, 6.45) is 13.5. The number of nitrogens with one attached hydrogen (secondary N) is 1. The maximum absolute atomic E-state index is 4.70. The van der Waals surface area contributed by atoms with E-state index >= 15 is 0 Å². The first-order valence-corrected chi connectivity index (χ1v) is 8.21. The molecule has 1 rings (SSSR count). The topological polar surface area (TPSA) is 52.4 Å². The molecule has 0 amide bonds. The third-order valence-corrected chi connectivity index (χ3v) is 3.62. The van der Waals surface area contributed by atoms with Crippen molar-refractivity contribution >= 4 is 19.1 Å². The highest BCUT2D eigenvalue weighted by molar-refractivity contribution is 5.93. The van der Waals surface area contributed by atoms with E-state index in [4.69, 9.17) is 4.99 Å². The maximum Gasteiger partial charge on any atom is 0.110 e. The molecule has 0 spiro atoms. The SMILES string of the molecule is C=NC(=C(\NC)C1C=CC=CC(C)=N1)/C(C=C=CN(CC)N=C)=C/C. The first-order chi connectivity index (χ1) is 12.1. The van der Waals surface area contributed by atoms with E-state index in [2.05, 4.69) is 34.6 Å². The van der Waals surface area contributed by atoms with Crippen molar-refractivity contribution in [3.63, 3.8) is 0 Å². The highest BCUT2D eigenvalue weighted by Gasteiger charge is 2.16. The largest absolute Gasteiger partial charge is 0.388 e. The van der Waals surface area contributed by atoms with Gasteiger partial charge in [0.15, 0.2) is 0 Å². The van der Waals surface area contributed by atoms with Crippen LogP contribution in [0.5, 0.6) is 0 Å². The van der Waals surface area contributed by atoms with Gasteiger partial charge in [0.05, 0.1) is 17.6 Å². The van der Waals surface area contributed by atoms with Crippen LogP contribution in [0.3, 0.4) is 0 Å². The van der Waals surface area contributed by atoms with Crippen LogP contribution in [-0.4, -0.2) is 43.8 Å². The summed E-state index contributed by atoms with van der Waals surface area (Å²) >= 11 is 0. The normalized spacial score (nSPS) is 17.5. The quantitative estimate of drug-likeness (QED) is 0.318. The molecule has 0 bridgehead atoms. The standard InChI is InChI=1S/C20H27N5/c1-7-17(13-11-15-25(8-2)23-6)19(21-4)20(22-5)18-14-10-9-12-16(3)24-18/h7,9-10,12-15,18,22H,4,6,8H2,1-3,5H3/b17-7+,20-19-. The van der Waals surface area contributed by atoms with E-state index in [0.29, 0.717) is 0 Å². The van der Waals surface area contributed by atoms with E-state index in [1.807, 2.05) is 64.3 Å². The van der Waals surface area contributed by atoms with Crippen molar-refractivity contribution in [2.24, 2.45) is 15.1 Å². The van der Waals surface area contributed by atoms with E-state index < -0.39 is 0 Å². The molecule has 1 aliphatic heterocycles. The van der Waals surface area contributed by atoms with Gasteiger partial charge in [-0.25, -0.2) is 0 Å². The molecule has 0 saturated heterocycles. The van der Waals surface area contributed by atoms with Gasteiger partial charge in [-0.3, -0.25) is 15.0 Å². The molecule has 5 nitrogen and oxygen atoms in total. The monoisotopic (exact) mass is 337 g/mol. The Labute approximate surface area is 150 Å². The van der Waals surface area contributed by atoms with Crippen LogP contribution in [0.4, 0.5) is 0 Å². The minimum absolute atomic E-state index is 0.144. The molecule has 132 valence electrons. The fraction of sp³-hybridized carbons (Fsp3) is 0.300. The molecule has 0 aromatic carbocycles. The molecule has 0 fully saturated rings. The van der Waals surface area contributed by atoms with Crippen LogP contribution in [0.15, 0.2) is 80.4 Å². The van der Waals surface area contributed by atoms with Crippen molar-refractivity contribution < 1.29 is 0 Å². The molecule has 1 aliphatic rings. The van der Waals surface area contributed by atoms with Gasteiger partial charge in [0, 0.05) is 31.6 Å². The van der Waals surface area contributed by atoms with E-state index in [1.165, 1.54) is 0 Å². The minimum Gasteiger partial charge on any atom is -0.388 e. The molecule has 5 heteroatoms. The van der Waals surface area contributed by atoms with Crippen molar-refractivity contribution in [3.05, 3.63) is 65.4 Å². The van der Waals surface area contributed by atoms with Crippen LogP contribution in [0, 0.1) is 0 Å². The molecule has 1 heterocycles. The summed E-state index contributed by atoms with van der Waals surface area (Å²) < 4.78 is 0. The first-order valence-electron chi connectivity index (χ1n) is 8.21. The number of nitrogens with zero attached hydrogens (tertiary/aromatic N) is 4. The molecule has 1 N–H and O–H groups in total. The summed E-state index contributed by atoms with van der Waals surface area (Å²) in [6.45, 7) is 13.9. The number of hydrogen-bond donors (Lipinski definition) is 1. The molecular formula is C20H27N5. The van der Waals surface area contributed by atoms with E-state index in [1.54, 1.807) is 11.2 Å². The average Bonchev–Trinajstić information content (AvgIpc) is 2.85. The lowest BCUT2D eigenvalue weighted by Gasteiger charge is -2.17. The predicted molar refractivity (Wildman–Crippen MR) is 109 cm³/mol. The highest BCUT2D eigenvalue weighted by atomic mass is 15.4. The van der Waals surface area contributed by atoms with Crippen LogP contribution >= 0.6 is 0 Å². The average molecular weight is 337 g/mol. The first kappa shape index (κ1) is 20.1. The molecule has 1 atom stereocenters. The third-order valence-electron chi connectivity index (χ3n) is 3.62. The molecule has 0 aromatic rings. The number of likely N-dealkylation sites (N-methyl/N-ethyl adjacent to an activating group) is 1. The summed E-state index contributed by atoms with van der Waals surface area (Å²) in [6, 6.07) is -0.144. The fourth-order valence-corrected chi connectivity index (χ4v) is 2.30. The number of hydrogen-bond acceptors (Lipinski definition) is 5. The van der Waals surface area contributed by atoms with Gasteiger partial charge >= 0.3 is 0 Å². The number of aliphatic imine (C=N–C) groups is 2. The molecule has 0 radical (unpaired) electrons. The van der Waals surface area contributed by atoms with Gasteiger partial charge in [0.2, 0.25) is 0 Å². The lowest BCUT2D eigenvalue weighted by Crippen LogP contribution is -2.21. The van der Waals surface area contributed by atoms with Crippen molar-refractivity contribution in [2.45, 2.75) is 26.8 Å². The highest BCUT2D eigenvalue weighted by Crippen LogP contribution is 2.21. The number of allylic oxidation sites excluding steroid dienone is 5. The second-order valence-corrected chi connectivity index (χ2v) is 5.21.